The lowest BCUT2D eigenvalue weighted by Gasteiger charge is -2.35. The summed E-state index contributed by atoms with van der Waals surface area (Å²) in [6, 6.07) is 9.08. The minimum atomic E-state index is -0.948. The molecule has 1 fully saturated rings. The van der Waals surface area contributed by atoms with Crippen LogP contribution in [0.3, 0.4) is 0 Å². The van der Waals surface area contributed by atoms with Crippen molar-refractivity contribution in [2.75, 3.05) is 6.54 Å². The standard InChI is InChI=1S/C17H24N2O3/c1-16(2,3)17(4)14(21)19(15(22)18-17)11-13(20)10-12-8-6-5-7-9-12/h5-9,13,20H,10-11H2,1-4H3,(H,18,22)/t13-,17-/m0/s1. The van der Waals surface area contributed by atoms with Crippen LogP contribution < -0.4 is 5.32 Å². The largest absolute Gasteiger partial charge is 0.391 e. The number of hydrogen-bond acceptors (Lipinski definition) is 3. The second-order valence-electron chi connectivity index (χ2n) is 7.06. The SMILES string of the molecule is CC(C)(C)[C@@]1(C)NC(=O)N(C[C@@H](O)Cc2ccccc2)C1=O. The van der Waals surface area contributed by atoms with Gasteiger partial charge in [0.2, 0.25) is 0 Å². The molecule has 5 heteroatoms. The summed E-state index contributed by atoms with van der Waals surface area (Å²) in [4.78, 5) is 25.8. The van der Waals surface area contributed by atoms with Gasteiger partial charge in [-0.25, -0.2) is 4.79 Å². The molecular weight excluding hydrogens is 280 g/mol. The van der Waals surface area contributed by atoms with E-state index in [2.05, 4.69) is 5.32 Å². The van der Waals surface area contributed by atoms with E-state index in [1.807, 2.05) is 51.1 Å². The van der Waals surface area contributed by atoms with Crippen LogP contribution in [0.15, 0.2) is 30.3 Å². The molecule has 1 aromatic rings. The molecule has 1 aliphatic heterocycles. The fourth-order valence-corrected chi connectivity index (χ4v) is 2.53. The van der Waals surface area contributed by atoms with E-state index in [9.17, 15) is 14.7 Å². The monoisotopic (exact) mass is 304 g/mol. The zero-order chi connectivity index (χ0) is 16.5. The summed E-state index contributed by atoms with van der Waals surface area (Å²) in [6.07, 6.45) is -0.371. The van der Waals surface area contributed by atoms with Crippen molar-refractivity contribution in [3.05, 3.63) is 35.9 Å². The zero-order valence-corrected chi connectivity index (χ0v) is 13.6. The van der Waals surface area contributed by atoms with E-state index in [0.717, 1.165) is 10.5 Å². The van der Waals surface area contributed by atoms with Crippen molar-refractivity contribution in [2.24, 2.45) is 5.41 Å². The van der Waals surface area contributed by atoms with E-state index >= 15 is 0 Å². The first-order valence-electron chi connectivity index (χ1n) is 7.51. The lowest BCUT2D eigenvalue weighted by molar-refractivity contribution is -0.135. The Morgan fingerprint density at radius 1 is 1.23 bits per heavy atom. The number of carbonyl (C=O) groups is 2. The van der Waals surface area contributed by atoms with E-state index in [1.165, 1.54) is 0 Å². The van der Waals surface area contributed by atoms with Crippen LogP contribution in [-0.4, -0.2) is 40.1 Å². The first kappa shape index (κ1) is 16.5. The Bertz CT molecular complexity index is 565. The summed E-state index contributed by atoms with van der Waals surface area (Å²) in [5, 5.41) is 13.0. The number of hydrogen-bond donors (Lipinski definition) is 2. The first-order valence-corrected chi connectivity index (χ1v) is 7.51. The van der Waals surface area contributed by atoms with Gasteiger partial charge in [-0.05, 0) is 17.9 Å². The number of carbonyl (C=O) groups excluding carboxylic acids is 2. The molecule has 0 unspecified atom stereocenters. The van der Waals surface area contributed by atoms with Crippen LogP contribution in [-0.2, 0) is 11.2 Å². The van der Waals surface area contributed by atoms with Crippen LogP contribution in [0.25, 0.3) is 0 Å². The highest BCUT2D eigenvalue weighted by molar-refractivity contribution is 6.07. The number of benzene rings is 1. The summed E-state index contributed by atoms with van der Waals surface area (Å²) < 4.78 is 0. The minimum absolute atomic E-state index is 0.00519. The average molecular weight is 304 g/mol. The van der Waals surface area contributed by atoms with Crippen molar-refractivity contribution < 1.29 is 14.7 Å². The summed E-state index contributed by atoms with van der Waals surface area (Å²) in [5.41, 5.74) is -0.379. The van der Waals surface area contributed by atoms with Gasteiger partial charge < -0.3 is 10.4 Å². The molecule has 1 aromatic carbocycles. The quantitative estimate of drug-likeness (QED) is 0.835. The first-order chi connectivity index (χ1) is 10.1. The third-order valence-corrected chi connectivity index (χ3v) is 4.48. The smallest absolute Gasteiger partial charge is 0.325 e. The Morgan fingerprint density at radius 3 is 2.32 bits per heavy atom. The molecule has 0 bridgehead atoms. The predicted octanol–water partition coefficient (Wildman–Crippen LogP) is 1.95. The Balaban J connectivity index is 2.07. The van der Waals surface area contributed by atoms with E-state index in [-0.39, 0.29) is 12.5 Å². The van der Waals surface area contributed by atoms with Crippen LogP contribution >= 0.6 is 0 Å². The van der Waals surface area contributed by atoms with Crippen molar-refractivity contribution in [2.45, 2.75) is 45.8 Å². The summed E-state index contributed by atoms with van der Waals surface area (Å²) in [7, 11) is 0. The molecule has 0 radical (unpaired) electrons. The maximum Gasteiger partial charge on any atom is 0.325 e. The molecule has 0 saturated carbocycles. The third kappa shape index (κ3) is 2.99. The molecule has 3 amide bonds. The van der Waals surface area contributed by atoms with Crippen LogP contribution in [0.5, 0.6) is 0 Å². The molecule has 1 aliphatic rings. The number of nitrogens with one attached hydrogen (secondary N) is 1. The normalized spacial score (nSPS) is 23.6. The summed E-state index contributed by atoms with van der Waals surface area (Å²) in [6.45, 7) is 7.47. The number of nitrogens with zero attached hydrogens (tertiary/aromatic N) is 1. The maximum atomic E-state index is 12.6. The van der Waals surface area contributed by atoms with Crippen LogP contribution in [0, 0.1) is 5.41 Å². The molecule has 2 atom stereocenters. The number of β-amino-alcohol motifs (C(OH)–C–C–N with tert-alkyl or cyclic N) is 1. The fraction of sp³-hybridized carbons (Fsp3) is 0.529. The maximum absolute atomic E-state index is 12.6. The molecule has 0 aromatic heterocycles. The number of aliphatic hydroxyl groups is 1. The predicted molar refractivity (Wildman–Crippen MR) is 84.3 cm³/mol. The zero-order valence-electron chi connectivity index (χ0n) is 13.6. The van der Waals surface area contributed by atoms with Gasteiger partial charge in [-0.15, -0.1) is 0 Å². The van der Waals surface area contributed by atoms with Gasteiger partial charge in [-0.2, -0.15) is 0 Å². The topological polar surface area (TPSA) is 69.6 Å². The molecule has 0 spiro atoms. The van der Waals surface area contributed by atoms with E-state index < -0.39 is 23.1 Å². The Hall–Kier alpha value is -1.88. The van der Waals surface area contributed by atoms with Crippen molar-refractivity contribution >= 4 is 11.9 Å². The van der Waals surface area contributed by atoms with Gasteiger partial charge in [0.25, 0.3) is 5.91 Å². The van der Waals surface area contributed by atoms with Gasteiger partial charge in [0, 0.05) is 6.42 Å². The number of rotatable bonds is 4. The van der Waals surface area contributed by atoms with Crippen LogP contribution in [0.1, 0.15) is 33.3 Å². The highest BCUT2D eigenvalue weighted by atomic mass is 16.3. The van der Waals surface area contributed by atoms with Crippen LogP contribution in [0.4, 0.5) is 4.79 Å². The molecular formula is C17H24N2O3. The second kappa shape index (κ2) is 5.72. The number of imide groups is 1. The molecule has 1 saturated heterocycles. The highest BCUT2D eigenvalue weighted by Crippen LogP contribution is 2.35. The summed E-state index contributed by atoms with van der Waals surface area (Å²) >= 11 is 0. The minimum Gasteiger partial charge on any atom is -0.391 e. The van der Waals surface area contributed by atoms with Gasteiger partial charge in [-0.1, -0.05) is 51.1 Å². The number of amides is 3. The molecule has 22 heavy (non-hydrogen) atoms. The lowest BCUT2D eigenvalue weighted by atomic mass is 9.75. The Morgan fingerprint density at radius 2 is 1.82 bits per heavy atom. The molecule has 2 N–H and O–H groups in total. The third-order valence-electron chi connectivity index (χ3n) is 4.48. The van der Waals surface area contributed by atoms with E-state index in [4.69, 9.17) is 0 Å². The number of aliphatic hydroxyl groups excluding tert-OH is 1. The van der Waals surface area contributed by atoms with Crippen LogP contribution in [0.2, 0.25) is 0 Å². The average Bonchev–Trinajstić information content (AvgIpc) is 2.64. The fourth-order valence-electron chi connectivity index (χ4n) is 2.53. The van der Waals surface area contributed by atoms with Crippen molar-refractivity contribution in [3.63, 3.8) is 0 Å². The van der Waals surface area contributed by atoms with Gasteiger partial charge in [0.05, 0.1) is 12.6 Å². The summed E-state index contributed by atoms with van der Waals surface area (Å²) in [5.74, 6) is -0.280. The Labute approximate surface area is 131 Å². The van der Waals surface area contributed by atoms with Gasteiger partial charge in [0.1, 0.15) is 5.54 Å². The van der Waals surface area contributed by atoms with E-state index in [0.29, 0.717) is 6.42 Å². The van der Waals surface area contributed by atoms with Gasteiger partial charge in [0.15, 0.2) is 0 Å². The molecule has 0 aliphatic carbocycles. The molecule has 120 valence electrons. The molecule has 1 heterocycles. The number of urea groups is 1. The van der Waals surface area contributed by atoms with Gasteiger partial charge in [-0.3, -0.25) is 9.69 Å². The van der Waals surface area contributed by atoms with Crippen molar-refractivity contribution in [1.29, 1.82) is 0 Å². The van der Waals surface area contributed by atoms with Crippen molar-refractivity contribution in [1.82, 2.24) is 10.2 Å². The Kier molecular flexibility index (Phi) is 4.29. The second-order valence-corrected chi connectivity index (χ2v) is 7.06. The van der Waals surface area contributed by atoms with E-state index in [1.54, 1.807) is 6.92 Å². The van der Waals surface area contributed by atoms with Gasteiger partial charge >= 0.3 is 6.03 Å². The lowest BCUT2D eigenvalue weighted by Crippen LogP contribution is -2.54. The molecule has 2 rings (SSSR count). The van der Waals surface area contributed by atoms with Crippen molar-refractivity contribution in [3.8, 4) is 0 Å². The highest BCUT2D eigenvalue weighted by Gasteiger charge is 2.54. The molecule has 5 nitrogen and oxygen atoms in total.